The molecule has 2 heterocycles. The topological polar surface area (TPSA) is 65.1 Å². The molecule has 0 aromatic heterocycles. The van der Waals surface area contributed by atoms with E-state index < -0.39 is 17.8 Å². The van der Waals surface area contributed by atoms with E-state index in [0.29, 0.717) is 24.4 Å². The third-order valence-electron chi connectivity index (χ3n) is 8.12. The van der Waals surface area contributed by atoms with Crippen molar-refractivity contribution in [2.45, 2.75) is 76.3 Å². The van der Waals surface area contributed by atoms with Crippen LogP contribution in [-0.4, -0.2) is 70.6 Å². The number of halogens is 3. The first-order valence-electron chi connectivity index (χ1n) is 12.6. The molecule has 1 aromatic carbocycles. The summed E-state index contributed by atoms with van der Waals surface area (Å²) in [6, 6.07) is 4.51. The lowest BCUT2D eigenvalue weighted by molar-refractivity contribution is -0.142. The Morgan fingerprint density at radius 2 is 1.83 bits per heavy atom. The van der Waals surface area contributed by atoms with Gasteiger partial charge >= 0.3 is 12.3 Å². The standard InChI is InChI=1S/C25H33F3N4O3/c1-15-13-30(24(34)35-21-5-3-4-19(11-21)25(26,27)28)23-10-17(6-9-22(23)32(15)16(2)33)18-12-29-31(14-18)20-7-8-20/h3-5,11,15,17-18,20,22-23,29H,6-10,12-14H2,1-2H3. The van der Waals surface area contributed by atoms with Crippen LogP contribution in [0.25, 0.3) is 0 Å². The summed E-state index contributed by atoms with van der Waals surface area (Å²) >= 11 is 0. The highest BCUT2D eigenvalue weighted by Crippen LogP contribution is 2.41. The van der Waals surface area contributed by atoms with E-state index in [0.717, 1.165) is 44.5 Å². The first kappa shape index (κ1) is 24.4. The molecular weight excluding hydrogens is 461 g/mol. The summed E-state index contributed by atoms with van der Waals surface area (Å²) in [7, 11) is 0. The molecule has 7 nitrogen and oxygen atoms in total. The Morgan fingerprint density at radius 3 is 2.51 bits per heavy atom. The fraction of sp³-hybridized carbons (Fsp3) is 0.680. The van der Waals surface area contributed by atoms with Crippen molar-refractivity contribution in [3.05, 3.63) is 29.8 Å². The van der Waals surface area contributed by atoms with Gasteiger partial charge < -0.3 is 14.5 Å². The zero-order valence-electron chi connectivity index (χ0n) is 20.1. The SMILES string of the molecule is CC(=O)N1C(C)CN(C(=O)Oc2cccc(C(F)(F)F)c2)C2CC(C3CNN(C4CC4)C3)CCC21. The van der Waals surface area contributed by atoms with Gasteiger partial charge in [0, 0.05) is 38.6 Å². The first-order chi connectivity index (χ1) is 16.6. The molecule has 2 saturated carbocycles. The van der Waals surface area contributed by atoms with Crippen LogP contribution in [0.2, 0.25) is 0 Å². The number of ether oxygens (including phenoxy) is 1. The molecule has 1 N–H and O–H groups in total. The van der Waals surface area contributed by atoms with Gasteiger partial charge in [0.15, 0.2) is 0 Å². The van der Waals surface area contributed by atoms with Gasteiger partial charge in [0.05, 0.1) is 17.6 Å². The molecule has 35 heavy (non-hydrogen) atoms. The van der Waals surface area contributed by atoms with Gasteiger partial charge in [-0.05, 0) is 69.1 Å². The van der Waals surface area contributed by atoms with Gasteiger partial charge in [-0.15, -0.1) is 0 Å². The lowest BCUT2D eigenvalue weighted by Crippen LogP contribution is -2.67. The Balaban J connectivity index is 1.34. The van der Waals surface area contributed by atoms with Crippen molar-refractivity contribution >= 4 is 12.0 Å². The van der Waals surface area contributed by atoms with E-state index in [1.54, 1.807) is 11.8 Å². The maximum atomic E-state index is 13.3. The zero-order valence-corrected chi connectivity index (χ0v) is 20.1. The summed E-state index contributed by atoms with van der Waals surface area (Å²) in [4.78, 5) is 29.3. The molecule has 0 bridgehead atoms. The molecule has 10 heteroatoms. The summed E-state index contributed by atoms with van der Waals surface area (Å²) in [5.41, 5.74) is 2.67. The van der Waals surface area contributed by atoms with E-state index in [1.807, 2.05) is 11.8 Å². The van der Waals surface area contributed by atoms with Crippen molar-refractivity contribution in [2.24, 2.45) is 11.8 Å². The van der Waals surface area contributed by atoms with Gasteiger partial charge in [0.25, 0.3) is 0 Å². The predicted molar refractivity (Wildman–Crippen MR) is 122 cm³/mol. The van der Waals surface area contributed by atoms with E-state index in [4.69, 9.17) is 4.74 Å². The molecule has 5 rings (SSSR count). The minimum Gasteiger partial charge on any atom is -0.410 e. The highest BCUT2D eigenvalue weighted by molar-refractivity contribution is 5.76. The normalized spacial score (nSPS) is 31.9. The second-order valence-corrected chi connectivity index (χ2v) is 10.5. The Bertz CT molecular complexity index is 970. The number of nitrogens with zero attached hydrogens (tertiary/aromatic N) is 3. The largest absolute Gasteiger partial charge is 0.416 e. The van der Waals surface area contributed by atoms with E-state index in [-0.39, 0.29) is 29.8 Å². The number of nitrogens with one attached hydrogen (secondary N) is 1. The number of benzene rings is 1. The Kier molecular flexibility index (Phi) is 6.46. The second kappa shape index (κ2) is 9.28. The van der Waals surface area contributed by atoms with Crippen molar-refractivity contribution in [3.8, 4) is 5.75 Å². The predicted octanol–water partition coefficient (Wildman–Crippen LogP) is 3.89. The van der Waals surface area contributed by atoms with Crippen LogP contribution in [0.1, 0.15) is 51.5 Å². The molecule has 5 unspecified atom stereocenters. The summed E-state index contributed by atoms with van der Waals surface area (Å²) in [6.07, 6.45) is -0.171. The van der Waals surface area contributed by atoms with Gasteiger partial charge in [-0.3, -0.25) is 10.2 Å². The minimum absolute atomic E-state index is 0.0145. The molecule has 1 aromatic rings. The maximum Gasteiger partial charge on any atom is 0.416 e. The molecule has 2 aliphatic heterocycles. The number of carbonyl (C=O) groups is 2. The smallest absolute Gasteiger partial charge is 0.410 e. The van der Waals surface area contributed by atoms with Crippen LogP contribution in [0.5, 0.6) is 5.75 Å². The van der Waals surface area contributed by atoms with Crippen molar-refractivity contribution in [1.29, 1.82) is 0 Å². The van der Waals surface area contributed by atoms with Crippen molar-refractivity contribution in [2.75, 3.05) is 19.6 Å². The Morgan fingerprint density at radius 1 is 1.06 bits per heavy atom. The number of alkyl halides is 3. The molecule has 0 spiro atoms. The van der Waals surface area contributed by atoms with Crippen LogP contribution in [0, 0.1) is 11.8 Å². The Hall–Kier alpha value is -2.33. The lowest BCUT2D eigenvalue weighted by atomic mass is 9.73. The Labute approximate surface area is 203 Å². The highest BCUT2D eigenvalue weighted by Gasteiger charge is 2.49. The molecule has 192 valence electrons. The number of piperazine rings is 1. The summed E-state index contributed by atoms with van der Waals surface area (Å²) in [5, 5.41) is 2.35. The third-order valence-corrected chi connectivity index (χ3v) is 8.12. The quantitative estimate of drug-likeness (QED) is 0.691. The van der Waals surface area contributed by atoms with Crippen LogP contribution in [0.15, 0.2) is 24.3 Å². The summed E-state index contributed by atoms with van der Waals surface area (Å²) < 4.78 is 44.8. The molecule has 0 radical (unpaired) electrons. The molecule has 2 aliphatic carbocycles. The van der Waals surface area contributed by atoms with Crippen LogP contribution >= 0.6 is 0 Å². The van der Waals surface area contributed by atoms with Gasteiger partial charge in [-0.2, -0.15) is 13.2 Å². The van der Waals surface area contributed by atoms with Gasteiger partial charge in [-0.25, -0.2) is 9.80 Å². The average molecular weight is 495 g/mol. The zero-order chi connectivity index (χ0) is 24.9. The number of hydrogen-bond donors (Lipinski definition) is 1. The molecule has 2 amide bonds. The summed E-state index contributed by atoms with van der Waals surface area (Å²) in [5.74, 6) is 0.733. The van der Waals surface area contributed by atoms with Crippen LogP contribution in [0.4, 0.5) is 18.0 Å². The van der Waals surface area contributed by atoms with Gasteiger partial charge in [0.2, 0.25) is 5.91 Å². The molecule has 2 saturated heterocycles. The molecule has 5 atom stereocenters. The lowest BCUT2D eigenvalue weighted by Gasteiger charge is -2.54. The van der Waals surface area contributed by atoms with Crippen LogP contribution in [-0.2, 0) is 11.0 Å². The van der Waals surface area contributed by atoms with Gasteiger partial charge in [0.1, 0.15) is 5.75 Å². The number of hydrogen-bond acceptors (Lipinski definition) is 5. The number of hydrazine groups is 1. The fourth-order valence-electron chi connectivity index (χ4n) is 6.33. The van der Waals surface area contributed by atoms with E-state index >= 15 is 0 Å². The average Bonchev–Trinajstić information content (AvgIpc) is 3.54. The summed E-state index contributed by atoms with van der Waals surface area (Å²) in [6.45, 7) is 5.67. The van der Waals surface area contributed by atoms with Crippen LogP contribution in [0.3, 0.4) is 0 Å². The number of carbonyl (C=O) groups excluding carboxylic acids is 2. The number of rotatable bonds is 3. The van der Waals surface area contributed by atoms with Gasteiger partial charge in [-0.1, -0.05) is 6.07 Å². The molecule has 4 aliphatic rings. The maximum absolute atomic E-state index is 13.3. The number of fused-ring (bicyclic) bond motifs is 1. The first-order valence-corrected chi connectivity index (χ1v) is 12.6. The van der Waals surface area contributed by atoms with E-state index in [9.17, 15) is 22.8 Å². The minimum atomic E-state index is -4.52. The number of amides is 2. The molecule has 4 fully saturated rings. The second-order valence-electron chi connectivity index (χ2n) is 10.5. The van der Waals surface area contributed by atoms with Crippen molar-refractivity contribution in [3.63, 3.8) is 0 Å². The van der Waals surface area contributed by atoms with E-state index in [2.05, 4.69) is 10.4 Å². The fourth-order valence-corrected chi connectivity index (χ4v) is 6.33. The third kappa shape index (κ3) is 5.00. The highest BCUT2D eigenvalue weighted by atomic mass is 19.4. The van der Waals surface area contributed by atoms with Crippen LogP contribution < -0.4 is 10.2 Å². The van der Waals surface area contributed by atoms with Crippen molar-refractivity contribution < 1.29 is 27.5 Å². The monoisotopic (exact) mass is 494 g/mol. The molecular formula is C25H33F3N4O3. The van der Waals surface area contributed by atoms with Crippen molar-refractivity contribution in [1.82, 2.24) is 20.2 Å². The van der Waals surface area contributed by atoms with E-state index in [1.165, 1.54) is 25.0 Å².